The molecule has 19 heavy (non-hydrogen) atoms. The summed E-state index contributed by atoms with van der Waals surface area (Å²) in [5, 5.41) is 2.90. The number of hydrogen-bond acceptors (Lipinski definition) is 4. The van der Waals surface area contributed by atoms with Gasteiger partial charge in [-0.05, 0) is 24.6 Å². The van der Waals surface area contributed by atoms with Crippen molar-refractivity contribution in [1.29, 1.82) is 0 Å². The van der Waals surface area contributed by atoms with Gasteiger partial charge in [-0.25, -0.2) is 9.78 Å². The second-order valence-corrected chi connectivity index (χ2v) is 4.16. The highest BCUT2D eigenvalue weighted by Crippen LogP contribution is 2.15. The average molecular weight is 256 g/mol. The molecule has 0 saturated carbocycles. The molecule has 98 valence electrons. The minimum Gasteiger partial charge on any atom is -0.457 e. The predicted octanol–water partition coefficient (Wildman–Crippen LogP) is 2.79. The van der Waals surface area contributed by atoms with E-state index < -0.39 is 0 Å². The molecular weight excluding hydrogens is 240 g/mol. The lowest BCUT2D eigenvalue weighted by Crippen LogP contribution is -2.10. The Kier molecular flexibility index (Phi) is 4.13. The minimum absolute atomic E-state index is 0.261. The molecule has 0 bridgehead atoms. The van der Waals surface area contributed by atoms with E-state index in [1.807, 2.05) is 37.3 Å². The number of carbonyl (C=O) groups excluding carboxylic acids is 1. The van der Waals surface area contributed by atoms with Crippen LogP contribution < -0.4 is 5.32 Å². The minimum atomic E-state index is -0.374. The Hall–Kier alpha value is -2.36. The fraction of sp³-hybridized carbons (Fsp3) is 0.200. The maximum atomic E-state index is 12.0. The van der Waals surface area contributed by atoms with Gasteiger partial charge in [0.15, 0.2) is 0 Å². The smallest absolute Gasteiger partial charge is 0.342 e. The van der Waals surface area contributed by atoms with Crippen LogP contribution in [0.3, 0.4) is 0 Å². The molecule has 1 aromatic heterocycles. The zero-order valence-electron chi connectivity index (χ0n) is 11.0. The summed E-state index contributed by atoms with van der Waals surface area (Å²) in [6.07, 6.45) is 0. The number of esters is 1. The van der Waals surface area contributed by atoms with Gasteiger partial charge in [0, 0.05) is 12.7 Å². The SMILES string of the molecule is CNc1nc(C)ccc1C(=O)OCc1ccccc1. The number of ether oxygens (including phenoxy) is 1. The van der Waals surface area contributed by atoms with Crippen LogP contribution >= 0.6 is 0 Å². The van der Waals surface area contributed by atoms with Crippen molar-refractivity contribution < 1.29 is 9.53 Å². The second-order valence-electron chi connectivity index (χ2n) is 4.16. The fourth-order valence-corrected chi connectivity index (χ4v) is 1.71. The van der Waals surface area contributed by atoms with Crippen molar-refractivity contribution in [2.45, 2.75) is 13.5 Å². The molecule has 2 rings (SSSR count). The lowest BCUT2D eigenvalue weighted by atomic mass is 10.2. The Labute approximate surface area is 112 Å². The maximum absolute atomic E-state index is 12.0. The zero-order chi connectivity index (χ0) is 13.7. The van der Waals surface area contributed by atoms with E-state index in [1.165, 1.54) is 0 Å². The van der Waals surface area contributed by atoms with Crippen LogP contribution in [0.2, 0.25) is 0 Å². The molecule has 4 heteroatoms. The molecule has 0 spiro atoms. The number of hydrogen-bond donors (Lipinski definition) is 1. The summed E-state index contributed by atoms with van der Waals surface area (Å²) >= 11 is 0. The normalized spacial score (nSPS) is 10.0. The Bertz CT molecular complexity index is 568. The molecule has 0 atom stereocenters. The van der Waals surface area contributed by atoms with Crippen molar-refractivity contribution in [2.75, 3.05) is 12.4 Å². The topological polar surface area (TPSA) is 51.2 Å². The van der Waals surface area contributed by atoms with E-state index >= 15 is 0 Å². The number of pyridine rings is 1. The largest absolute Gasteiger partial charge is 0.457 e. The van der Waals surface area contributed by atoms with Crippen LogP contribution in [-0.4, -0.2) is 18.0 Å². The molecule has 0 fully saturated rings. The van der Waals surface area contributed by atoms with E-state index in [2.05, 4.69) is 10.3 Å². The molecule has 0 unspecified atom stereocenters. The monoisotopic (exact) mass is 256 g/mol. The van der Waals surface area contributed by atoms with Crippen molar-refractivity contribution in [3.8, 4) is 0 Å². The summed E-state index contributed by atoms with van der Waals surface area (Å²) < 4.78 is 5.28. The van der Waals surface area contributed by atoms with Gasteiger partial charge in [-0.15, -0.1) is 0 Å². The number of rotatable bonds is 4. The van der Waals surface area contributed by atoms with Gasteiger partial charge >= 0.3 is 5.97 Å². The Morgan fingerprint density at radius 1 is 1.21 bits per heavy atom. The van der Waals surface area contributed by atoms with Crippen LogP contribution in [0.25, 0.3) is 0 Å². The summed E-state index contributed by atoms with van der Waals surface area (Å²) in [6, 6.07) is 13.1. The Balaban J connectivity index is 2.08. The van der Waals surface area contributed by atoms with Crippen molar-refractivity contribution in [3.63, 3.8) is 0 Å². The van der Waals surface area contributed by atoms with E-state index in [0.717, 1.165) is 11.3 Å². The summed E-state index contributed by atoms with van der Waals surface area (Å²) in [4.78, 5) is 16.3. The molecule has 1 N–H and O–H groups in total. The van der Waals surface area contributed by atoms with Crippen LogP contribution in [-0.2, 0) is 11.3 Å². The van der Waals surface area contributed by atoms with E-state index in [9.17, 15) is 4.79 Å². The van der Waals surface area contributed by atoms with Crippen LogP contribution in [0.4, 0.5) is 5.82 Å². The van der Waals surface area contributed by atoms with Crippen molar-refractivity contribution in [2.24, 2.45) is 0 Å². The van der Waals surface area contributed by atoms with Gasteiger partial charge in [-0.2, -0.15) is 0 Å². The summed E-state index contributed by atoms with van der Waals surface area (Å²) in [5.41, 5.74) is 2.26. The highest BCUT2D eigenvalue weighted by Gasteiger charge is 2.13. The van der Waals surface area contributed by atoms with Gasteiger partial charge in [0.2, 0.25) is 0 Å². The van der Waals surface area contributed by atoms with Gasteiger partial charge in [0.1, 0.15) is 18.0 Å². The first-order chi connectivity index (χ1) is 9.20. The van der Waals surface area contributed by atoms with Crippen LogP contribution in [0.1, 0.15) is 21.6 Å². The van der Waals surface area contributed by atoms with Crippen molar-refractivity contribution >= 4 is 11.8 Å². The highest BCUT2D eigenvalue weighted by atomic mass is 16.5. The Morgan fingerprint density at radius 3 is 2.63 bits per heavy atom. The van der Waals surface area contributed by atoms with E-state index in [4.69, 9.17) is 4.74 Å². The molecule has 0 radical (unpaired) electrons. The van der Waals surface area contributed by atoms with Crippen molar-refractivity contribution in [3.05, 3.63) is 59.3 Å². The second kappa shape index (κ2) is 6.00. The highest BCUT2D eigenvalue weighted by molar-refractivity contribution is 5.94. The lowest BCUT2D eigenvalue weighted by Gasteiger charge is -2.09. The average Bonchev–Trinajstić information content (AvgIpc) is 2.45. The first-order valence-electron chi connectivity index (χ1n) is 6.07. The van der Waals surface area contributed by atoms with E-state index in [0.29, 0.717) is 11.4 Å². The standard InChI is InChI=1S/C15H16N2O2/c1-11-8-9-13(14(16-2)17-11)15(18)19-10-12-6-4-3-5-7-12/h3-9H,10H2,1-2H3,(H,16,17). The molecule has 0 aliphatic carbocycles. The molecule has 0 saturated heterocycles. The number of nitrogens with zero attached hydrogens (tertiary/aromatic N) is 1. The van der Waals surface area contributed by atoms with Gasteiger partial charge in [-0.1, -0.05) is 30.3 Å². The lowest BCUT2D eigenvalue weighted by molar-refractivity contribution is 0.0473. The maximum Gasteiger partial charge on any atom is 0.342 e. The van der Waals surface area contributed by atoms with Gasteiger partial charge < -0.3 is 10.1 Å². The first-order valence-corrected chi connectivity index (χ1v) is 6.07. The molecule has 0 aliphatic rings. The molecule has 1 aromatic carbocycles. The molecule has 4 nitrogen and oxygen atoms in total. The molecule has 2 aromatic rings. The van der Waals surface area contributed by atoms with Crippen LogP contribution in [0.5, 0.6) is 0 Å². The number of aryl methyl sites for hydroxylation is 1. The number of carbonyl (C=O) groups is 1. The summed E-state index contributed by atoms with van der Waals surface area (Å²) in [6.45, 7) is 2.14. The van der Waals surface area contributed by atoms with Crippen LogP contribution in [0, 0.1) is 6.92 Å². The van der Waals surface area contributed by atoms with Gasteiger partial charge in [0.05, 0.1) is 0 Å². The Morgan fingerprint density at radius 2 is 1.95 bits per heavy atom. The van der Waals surface area contributed by atoms with Crippen LogP contribution in [0.15, 0.2) is 42.5 Å². The quantitative estimate of drug-likeness (QED) is 0.855. The van der Waals surface area contributed by atoms with E-state index in [1.54, 1.807) is 19.2 Å². The molecular formula is C15H16N2O2. The third kappa shape index (κ3) is 3.31. The zero-order valence-corrected chi connectivity index (χ0v) is 11.0. The first kappa shape index (κ1) is 13.1. The predicted molar refractivity (Wildman–Crippen MR) is 74.1 cm³/mol. The molecule has 0 aliphatic heterocycles. The van der Waals surface area contributed by atoms with E-state index in [-0.39, 0.29) is 12.6 Å². The van der Waals surface area contributed by atoms with Gasteiger partial charge in [0.25, 0.3) is 0 Å². The molecule has 0 amide bonds. The summed E-state index contributed by atoms with van der Waals surface area (Å²) in [7, 11) is 1.73. The van der Waals surface area contributed by atoms with Crippen molar-refractivity contribution in [1.82, 2.24) is 4.98 Å². The third-order valence-corrected chi connectivity index (χ3v) is 2.70. The number of aromatic nitrogens is 1. The number of nitrogens with one attached hydrogen (secondary N) is 1. The third-order valence-electron chi connectivity index (χ3n) is 2.70. The fourth-order valence-electron chi connectivity index (χ4n) is 1.71. The van der Waals surface area contributed by atoms with Gasteiger partial charge in [-0.3, -0.25) is 0 Å². The summed E-state index contributed by atoms with van der Waals surface area (Å²) in [5.74, 6) is 0.166. The number of benzene rings is 1. The number of anilines is 1. The molecule has 1 heterocycles.